The highest BCUT2D eigenvalue weighted by atomic mass is 15.1. The molecular formula is C16H17N3. The first-order valence-electron chi connectivity index (χ1n) is 6.54. The second kappa shape index (κ2) is 4.50. The van der Waals surface area contributed by atoms with Gasteiger partial charge in [0.1, 0.15) is 5.82 Å². The van der Waals surface area contributed by atoms with E-state index in [0.29, 0.717) is 5.92 Å². The van der Waals surface area contributed by atoms with Crippen LogP contribution >= 0.6 is 0 Å². The predicted molar refractivity (Wildman–Crippen MR) is 78.0 cm³/mol. The van der Waals surface area contributed by atoms with E-state index in [9.17, 15) is 0 Å². The van der Waals surface area contributed by atoms with Gasteiger partial charge in [-0.3, -0.25) is 4.98 Å². The summed E-state index contributed by atoms with van der Waals surface area (Å²) in [4.78, 5) is 9.09. The highest BCUT2D eigenvalue weighted by Crippen LogP contribution is 2.25. The molecule has 0 saturated heterocycles. The summed E-state index contributed by atoms with van der Waals surface area (Å²) < 4.78 is 2.17. The SMILES string of the molecule is CC(C)c1nc2ccc(-c3ccccn3)cc2n1C. The van der Waals surface area contributed by atoms with Crippen LogP contribution in [-0.4, -0.2) is 14.5 Å². The van der Waals surface area contributed by atoms with Gasteiger partial charge < -0.3 is 4.57 Å². The Kier molecular flexibility index (Phi) is 2.82. The minimum atomic E-state index is 0.427. The molecule has 0 spiro atoms. The molecular weight excluding hydrogens is 234 g/mol. The van der Waals surface area contributed by atoms with Crippen molar-refractivity contribution in [3.8, 4) is 11.3 Å². The minimum absolute atomic E-state index is 0.427. The molecule has 0 aliphatic heterocycles. The first kappa shape index (κ1) is 11.9. The van der Waals surface area contributed by atoms with Gasteiger partial charge in [-0.15, -0.1) is 0 Å². The summed E-state index contributed by atoms with van der Waals surface area (Å²) in [6.45, 7) is 4.34. The lowest BCUT2D eigenvalue weighted by molar-refractivity contribution is 0.722. The van der Waals surface area contributed by atoms with E-state index in [-0.39, 0.29) is 0 Å². The summed E-state index contributed by atoms with van der Waals surface area (Å²) in [5.41, 5.74) is 4.33. The molecule has 0 aliphatic carbocycles. The molecule has 3 nitrogen and oxygen atoms in total. The third-order valence-corrected chi connectivity index (χ3v) is 3.39. The number of pyridine rings is 1. The van der Waals surface area contributed by atoms with Crippen molar-refractivity contribution in [1.82, 2.24) is 14.5 Å². The lowest BCUT2D eigenvalue weighted by Gasteiger charge is -2.05. The van der Waals surface area contributed by atoms with Crippen LogP contribution in [0, 0.1) is 0 Å². The van der Waals surface area contributed by atoms with Crippen LogP contribution in [-0.2, 0) is 7.05 Å². The largest absolute Gasteiger partial charge is 0.331 e. The van der Waals surface area contributed by atoms with Crippen LogP contribution in [0.5, 0.6) is 0 Å². The molecule has 0 fully saturated rings. The normalized spacial score (nSPS) is 11.4. The van der Waals surface area contributed by atoms with E-state index >= 15 is 0 Å². The van der Waals surface area contributed by atoms with Crippen molar-refractivity contribution in [2.45, 2.75) is 19.8 Å². The zero-order chi connectivity index (χ0) is 13.4. The summed E-state index contributed by atoms with van der Waals surface area (Å²) in [6.07, 6.45) is 1.82. The van der Waals surface area contributed by atoms with E-state index in [1.165, 1.54) is 0 Å². The van der Waals surface area contributed by atoms with E-state index in [2.05, 4.69) is 53.6 Å². The Labute approximate surface area is 112 Å². The van der Waals surface area contributed by atoms with Crippen molar-refractivity contribution >= 4 is 11.0 Å². The number of nitrogens with zero attached hydrogens (tertiary/aromatic N) is 3. The van der Waals surface area contributed by atoms with Gasteiger partial charge in [0, 0.05) is 24.7 Å². The average Bonchev–Trinajstić information content (AvgIpc) is 2.77. The molecule has 1 aromatic carbocycles. The average molecular weight is 251 g/mol. The lowest BCUT2D eigenvalue weighted by atomic mass is 10.1. The third-order valence-electron chi connectivity index (χ3n) is 3.39. The van der Waals surface area contributed by atoms with E-state index in [0.717, 1.165) is 28.1 Å². The Bertz CT molecular complexity index is 711. The van der Waals surface area contributed by atoms with Gasteiger partial charge in [-0.1, -0.05) is 26.0 Å². The first-order chi connectivity index (χ1) is 9.16. The number of aryl methyl sites for hydroxylation is 1. The predicted octanol–water partition coefficient (Wildman–Crippen LogP) is 3.76. The van der Waals surface area contributed by atoms with Crippen molar-refractivity contribution in [3.63, 3.8) is 0 Å². The fourth-order valence-electron chi connectivity index (χ4n) is 2.42. The summed E-state index contributed by atoms with van der Waals surface area (Å²) in [7, 11) is 2.08. The van der Waals surface area contributed by atoms with E-state index in [1.54, 1.807) is 0 Å². The van der Waals surface area contributed by atoms with Crippen molar-refractivity contribution in [2.24, 2.45) is 7.05 Å². The van der Waals surface area contributed by atoms with Crippen molar-refractivity contribution in [3.05, 3.63) is 48.4 Å². The van der Waals surface area contributed by atoms with E-state index in [1.807, 2.05) is 24.4 Å². The Morgan fingerprint density at radius 3 is 2.63 bits per heavy atom. The van der Waals surface area contributed by atoms with Gasteiger partial charge in [0.25, 0.3) is 0 Å². The molecule has 19 heavy (non-hydrogen) atoms. The Morgan fingerprint density at radius 1 is 1.11 bits per heavy atom. The van der Waals surface area contributed by atoms with Crippen LogP contribution in [0.15, 0.2) is 42.6 Å². The third kappa shape index (κ3) is 2.01. The topological polar surface area (TPSA) is 30.7 Å². The zero-order valence-corrected chi connectivity index (χ0v) is 11.5. The number of aromatic nitrogens is 3. The molecule has 3 aromatic rings. The summed E-state index contributed by atoms with van der Waals surface area (Å²) in [5, 5.41) is 0. The van der Waals surface area contributed by atoms with E-state index < -0.39 is 0 Å². The maximum atomic E-state index is 4.69. The highest BCUT2D eigenvalue weighted by molar-refractivity contribution is 5.81. The standard InChI is InChI=1S/C16H17N3/c1-11(2)16-18-14-8-7-12(10-15(14)19(16)3)13-6-4-5-9-17-13/h4-11H,1-3H3. The van der Waals surface area contributed by atoms with Gasteiger partial charge in [0.2, 0.25) is 0 Å². The molecule has 3 heteroatoms. The Balaban J connectivity index is 2.18. The smallest absolute Gasteiger partial charge is 0.112 e. The van der Waals surface area contributed by atoms with E-state index in [4.69, 9.17) is 0 Å². The molecule has 2 aromatic heterocycles. The van der Waals surface area contributed by atoms with Crippen LogP contribution in [0.2, 0.25) is 0 Å². The fourth-order valence-corrected chi connectivity index (χ4v) is 2.42. The number of rotatable bonds is 2. The molecule has 2 heterocycles. The van der Waals surface area contributed by atoms with Crippen LogP contribution in [0.4, 0.5) is 0 Å². The Morgan fingerprint density at radius 2 is 1.95 bits per heavy atom. The number of hydrogen-bond donors (Lipinski definition) is 0. The van der Waals surface area contributed by atoms with Crippen LogP contribution < -0.4 is 0 Å². The van der Waals surface area contributed by atoms with Gasteiger partial charge in [-0.2, -0.15) is 0 Å². The lowest BCUT2D eigenvalue weighted by Crippen LogP contribution is -1.99. The monoisotopic (exact) mass is 251 g/mol. The highest BCUT2D eigenvalue weighted by Gasteiger charge is 2.11. The molecule has 0 amide bonds. The van der Waals surface area contributed by atoms with Crippen LogP contribution in [0.1, 0.15) is 25.6 Å². The van der Waals surface area contributed by atoms with Gasteiger partial charge >= 0.3 is 0 Å². The summed E-state index contributed by atoms with van der Waals surface area (Å²) in [6, 6.07) is 12.3. The number of benzene rings is 1. The fraction of sp³-hybridized carbons (Fsp3) is 0.250. The van der Waals surface area contributed by atoms with Crippen LogP contribution in [0.3, 0.4) is 0 Å². The molecule has 96 valence electrons. The van der Waals surface area contributed by atoms with Crippen molar-refractivity contribution < 1.29 is 0 Å². The summed E-state index contributed by atoms with van der Waals surface area (Å²) >= 11 is 0. The quantitative estimate of drug-likeness (QED) is 0.694. The molecule has 0 unspecified atom stereocenters. The van der Waals surface area contributed by atoms with Crippen molar-refractivity contribution in [2.75, 3.05) is 0 Å². The maximum Gasteiger partial charge on any atom is 0.112 e. The molecule has 3 rings (SSSR count). The van der Waals surface area contributed by atoms with Gasteiger partial charge in [0.15, 0.2) is 0 Å². The molecule has 0 radical (unpaired) electrons. The number of imidazole rings is 1. The molecule has 0 N–H and O–H groups in total. The summed E-state index contributed by atoms with van der Waals surface area (Å²) in [5.74, 6) is 1.55. The van der Waals surface area contributed by atoms with Gasteiger partial charge in [-0.25, -0.2) is 4.98 Å². The zero-order valence-electron chi connectivity index (χ0n) is 11.5. The molecule has 0 atom stereocenters. The maximum absolute atomic E-state index is 4.69. The minimum Gasteiger partial charge on any atom is -0.331 e. The second-order valence-electron chi connectivity index (χ2n) is 5.10. The van der Waals surface area contributed by atoms with Crippen molar-refractivity contribution in [1.29, 1.82) is 0 Å². The Hall–Kier alpha value is -2.16. The second-order valence-corrected chi connectivity index (χ2v) is 5.10. The molecule has 0 saturated carbocycles. The molecule has 0 bridgehead atoms. The number of hydrogen-bond acceptors (Lipinski definition) is 2. The van der Waals surface area contributed by atoms with Gasteiger partial charge in [0.05, 0.1) is 16.7 Å². The van der Waals surface area contributed by atoms with Crippen LogP contribution in [0.25, 0.3) is 22.3 Å². The van der Waals surface area contributed by atoms with Gasteiger partial charge in [-0.05, 0) is 24.3 Å². The molecule has 0 aliphatic rings. The first-order valence-corrected chi connectivity index (χ1v) is 6.54. The number of fused-ring (bicyclic) bond motifs is 1.